The molecule has 5 N–H and O–H groups in total. The van der Waals surface area contributed by atoms with E-state index in [1.807, 2.05) is 6.07 Å². The highest BCUT2D eigenvalue weighted by Gasteiger charge is 2.45. The molecule has 0 unspecified atom stereocenters. The number of nitrogen functional groups attached to an aromatic ring is 1. The minimum Gasteiger partial charge on any atom is -0.387 e. The molecule has 10 nitrogen and oxygen atoms in total. The lowest BCUT2D eigenvalue weighted by atomic mass is 10.1. The van der Waals surface area contributed by atoms with Crippen molar-refractivity contribution in [2.75, 3.05) is 24.8 Å². The first kappa shape index (κ1) is 21.0. The van der Waals surface area contributed by atoms with Crippen molar-refractivity contribution >= 4 is 46.1 Å². The molecule has 1 fully saturated rings. The van der Waals surface area contributed by atoms with Gasteiger partial charge in [-0.05, 0) is 17.7 Å². The molecular weight excluding hydrogens is 435 g/mol. The number of methoxy groups -OCH3 is 1. The average Bonchev–Trinajstić information content (AvgIpc) is 3.22. The summed E-state index contributed by atoms with van der Waals surface area (Å²) in [5, 5.41) is 25.0. The predicted octanol–water partition coefficient (Wildman–Crippen LogP) is 1.59. The van der Waals surface area contributed by atoms with Gasteiger partial charge in [0.15, 0.2) is 23.2 Å². The fourth-order valence-electron chi connectivity index (χ4n) is 3.37. The van der Waals surface area contributed by atoms with Gasteiger partial charge < -0.3 is 30.7 Å². The van der Waals surface area contributed by atoms with E-state index in [1.54, 1.807) is 16.7 Å². The van der Waals surface area contributed by atoms with E-state index in [0.29, 0.717) is 33.7 Å². The lowest BCUT2D eigenvalue weighted by molar-refractivity contribution is -0.0571. The monoisotopic (exact) mass is 454 g/mol. The van der Waals surface area contributed by atoms with Crippen LogP contribution in [0.15, 0.2) is 24.5 Å². The van der Waals surface area contributed by atoms with Crippen LogP contribution in [0.3, 0.4) is 0 Å². The summed E-state index contributed by atoms with van der Waals surface area (Å²) in [5.74, 6) is 0.510. The van der Waals surface area contributed by atoms with E-state index < -0.39 is 24.5 Å². The van der Waals surface area contributed by atoms with Crippen LogP contribution in [-0.4, -0.2) is 61.8 Å². The van der Waals surface area contributed by atoms with Gasteiger partial charge in [0.1, 0.15) is 24.6 Å². The summed E-state index contributed by atoms with van der Waals surface area (Å²) in [5.41, 5.74) is 7.51. The maximum absolute atomic E-state index is 10.6. The van der Waals surface area contributed by atoms with Crippen molar-refractivity contribution < 1.29 is 19.7 Å². The number of nitrogens with two attached hydrogens (primary N) is 1. The zero-order chi connectivity index (χ0) is 21.4. The first-order chi connectivity index (χ1) is 14.4. The van der Waals surface area contributed by atoms with Crippen LogP contribution in [0.5, 0.6) is 0 Å². The largest absolute Gasteiger partial charge is 0.387 e. The van der Waals surface area contributed by atoms with Crippen molar-refractivity contribution in [2.45, 2.75) is 31.1 Å². The van der Waals surface area contributed by atoms with Gasteiger partial charge in [0.2, 0.25) is 5.95 Å². The number of nitrogens with one attached hydrogen (secondary N) is 1. The van der Waals surface area contributed by atoms with Crippen LogP contribution < -0.4 is 11.1 Å². The second-order valence-electron chi connectivity index (χ2n) is 6.84. The first-order valence-corrected chi connectivity index (χ1v) is 9.83. The molecule has 0 bridgehead atoms. The molecule has 30 heavy (non-hydrogen) atoms. The number of benzene rings is 1. The highest BCUT2D eigenvalue weighted by molar-refractivity contribution is 6.42. The summed E-state index contributed by atoms with van der Waals surface area (Å²) in [7, 11) is 1.49. The molecule has 0 spiro atoms. The Bertz CT molecular complexity index is 1060. The molecule has 160 valence electrons. The number of rotatable bonds is 6. The van der Waals surface area contributed by atoms with Crippen LogP contribution >= 0.6 is 23.2 Å². The van der Waals surface area contributed by atoms with Crippen LogP contribution in [0.1, 0.15) is 11.8 Å². The smallest absolute Gasteiger partial charge is 0.207 e. The van der Waals surface area contributed by atoms with Crippen LogP contribution in [0.4, 0.5) is 11.8 Å². The lowest BCUT2D eigenvalue weighted by Crippen LogP contribution is -2.33. The Labute approximate surface area is 181 Å². The molecule has 0 saturated carbocycles. The van der Waals surface area contributed by atoms with Gasteiger partial charge >= 0.3 is 0 Å². The average molecular weight is 455 g/mol. The Hall–Kier alpha value is -2.21. The Kier molecular flexibility index (Phi) is 5.96. The van der Waals surface area contributed by atoms with Crippen molar-refractivity contribution in [2.24, 2.45) is 0 Å². The van der Waals surface area contributed by atoms with Gasteiger partial charge in [-0.3, -0.25) is 4.57 Å². The molecule has 3 heterocycles. The Morgan fingerprint density at radius 1 is 1.23 bits per heavy atom. The van der Waals surface area contributed by atoms with Gasteiger partial charge in [0.25, 0.3) is 0 Å². The number of aromatic nitrogens is 4. The van der Waals surface area contributed by atoms with Crippen molar-refractivity contribution in [1.29, 1.82) is 0 Å². The normalized spacial score (nSPS) is 23.9. The first-order valence-electron chi connectivity index (χ1n) is 9.07. The van der Waals surface area contributed by atoms with E-state index in [9.17, 15) is 10.2 Å². The lowest BCUT2D eigenvalue weighted by Gasteiger charge is -2.19. The van der Waals surface area contributed by atoms with E-state index in [1.165, 1.54) is 13.4 Å². The molecule has 0 radical (unpaired) electrons. The third-order valence-electron chi connectivity index (χ3n) is 4.86. The van der Waals surface area contributed by atoms with Crippen molar-refractivity contribution in [3.8, 4) is 0 Å². The molecule has 2 aromatic heterocycles. The van der Waals surface area contributed by atoms with Gasteiger partial charge in [-0.15, -0.1) is 0 Å². The summed E-state index contributed by atoms with van der Waals surface area (Å²) >= 11 is 12.1. The van der Waals surface area contributed by atoms with Crippen LogP contribution in [0, 0.1) is 0 Å². The van der Waals surface area contributed by atoms with E-state index in [0.717, 1.165) is 5.56 Å². The summed E-state index contributed by atoms with van der Waals surface area (Å²) in [6, 6.07) is 5.25. The fraction of sp³-hybridized carbons (Fsp3) is 0.389. The molecular formula is C18H20Cl2N6O4. The van der Waals surface area contributed by atoms with Gasteiger partial charge in [-0.25, -0.2) is 15.0 Å². The number of nitrogens with zero attached hydrogens (tertiary/aromatic N) is 4. The second kappa shape index (κ2) is 8.50. The number of aliphatic hydroxyl groups excluding tert-OH is 2. The topological polar surface area (TPSA) is 141 Å². The van der Waals surface area contributed by atoms with Crippen molar-refractivity contribution in [1.82, 2.24) is 19.5 Å². The third kappa shape index (κ3) is 3.78. The van der Waals surface area contributed by atoms with Crippen LogP contribution in [0.2, 0.25) is 10.0 Å². The second-order valence-corrected chi connectivity index (χ2v) is 7.65. The van der Waals surface area contributed by atoms with E-state index in [-0.39, 0.29) is 12.4 Å². The summed E-state index contributed by atoms with van der Waals surface area (Å²) < 4.78 is 12.5. The van der Waals surface area contributed by atoms with Gasteiger partial charge in [0, 0.05) is 13.7 Å². The van der Waals surface area contributed by atoms with Crippen LogP contribution in [0.25, 0.3) is 11.2 Å². The minimum absolute atomic E-state index is 0.116. The molecule has 1 aliphatic rings. The maximum Gasteiger partial charge on any atom is 0.207 e. The molecule has 12 heteroatoms. The number of hydrogen-bond donors (Lipinski definition) is 4. The standard InChI is InChI=1S/C18H20Cl2N6O4/c1-29-6-11-13(27)14(28)17(30-11)26-16-12(15(21)23-7-24-16)25-18(26)22-5-8-2-3-9(19)10(20)4-8/h2-4,7,11,13-14,17,27-28H,5-6H2,1H3,(H,22,25)(H2,21,23,24)/t11-,13-,14-,17-/m1/s1. The fourth-order valence-corrected chi connectivity index (χ4v) is 3.69. The number of fused-ring (bicyclic) bond motifs is 1. The number of imidazole rings is 1. The van der Waals surface area contributed by atoms with Crippen LogP contribution in [-0.2, 0) is 16.0 Å². The SMILES string of the molecule is COC[C@H]1O[C@@H](n2c(NCc3ccc(Cl)c(Cl)c3)nc3c(N)ncnc32)[C@H](O)[C@@H]1O. The Balaban J connectivity index is 1.71. The van der Waals surface area contributed by atoms with Crippen molar-refractivity contribution in [3.05, 3.63) is 40.1 Å². The highest BCUT2D eigenvalue weighted by atomic mass is 35.5. The molecule has 1 aliphatic heterocycles. The molecule has 0 aliphatic carbocycles. The molecule has 0 amide bonds. The summed E-state index contributed by atoms with van der Waals surface area (Å²) in [6.07, 6.45) is -2.76. The predicted molar refractivity (Wildman–Crippen MR) is 111 cm³/mol. The highest BCUT2D eigenvalue weighted by Crippen LogP contribution is 2.35. The number of halogens is 2. The third-order valence-corrected chi connectivity index (χ3v) is 5.60. The number of anilines is 2. The molecule has 1 aromatic carbocycles. The quantitative estimate of drug-likeness (QED) is 0.436. The number of aliphatic hydroxyl groups is 2. The molecule has 4 atom stereocenters. The maximum atomic E-state index is 10.6. The van der Waals surface area contributed by atoms with E-state index >= 15 is 0 Å². The number of ether oxygens (including phenoxy) is 2. The zero-order valence-corrected chi connectivity index (χ0v) is 17.4. The van der Waals surface area contributed by atoms with Crippen molar-refractivity contribution in [3.63, 3.8) is 0 Å². The van der Waals surface area contributed by atoms with Gasteiger partial charge in [0.05, 0.1) is 16.7 Å². The Morgan fingerprint density at radius 3 is 2.77 bits per heavy atom. The summed E-state index contributed by atoms with van der Waals surface area (Å²) in [6.45, 7) is 0.463. The molecule has 1 saturated heterocycles. The van der Waals surface area contributed by atoms with E-state index in [2.05, 4.69) is 20.3 Å². The minimum atomic E-state index is -1.23. The Morgan fingerprint density at radius 2 is 2.03 bits per heavy atom. The van der Waals surface area contributed by atoms with E-state index in [4.69, 9.17) is 38.4 Å². The number of hydrogen-bond acceptors (Lipinski definition) is 9. The summed E-state index contributed by atoms with van der Waals surface area (Å²) in [4.78, 5) is 12.7. The zero-order valence-electron chi connectivity index (χ0n) is 15.9. The van der Waals surface area contributed by atoms with Gasteiger partial charge in [-0.2, -0.15) is 0 Å². The van der Waals surface area contributed by atoms with Gasteiger partial charge in [-0.1, -0.05) is 29.3 Å². The molecule has 3 aromatic rings. The molecule has 4 rings (SSSR count).